The minimum atomic E-state index is -0.167. The molecule has 1 aliphatic heterocycles. The molecular weight excluding hydrogens is 248 g/mol. The number of ether oxygens (including phenoxy) is 1. The SMILES string of the molecule is O=C(Nc1ccc2sccc2c1)NC1CCOC1. The van der Waals surface area contributed by atoms with Gasteiger partial charge in [0.15, 0.2) is 0 Å². The predicted molar refractivity (Wildman–Crippen MR) is 73.2 cm³/mol. The van der Waals surface area contributed by atoms with Crippen molar-refractivity contribution in [1.82, 2.24) is 5.32 Å². The third kappa shape index (κ3) is 2.47. The average molecular weight is 262 g/mol. The molecule has 1 aromatic heterocycles. The summed E-state index contributed by atoms with van der Waals surface area (Å²) in [7, 11) is 0. The van der Waals surface area contributed by atoms with E-state index in [0.29, 0.717) is 6.61 Å². The molecule has 3 rings (SSSR count). The van der Waals surface area contributed by atoms with Crippen LogP contribution in [0.15, 0.2) is 29.6 Å². The second-order valence-electron chi connectivity index (χ2n) is 4.33. The highest BCUT2D eigenvalue weighted by molar-refractivity contribution is 7.17. The van der Waals surface area contributed by atoms with Gasteiger partial charge in [0.25, 0.3) is 0 Å². The van der Waals surface area contributed by atoms with Crippen LogP contribution in [0.3, 0.4) is 0 Å². The Kier molecular flexibility index (Phi) is 3.17. The lowest BCUT2D eigenvalue weighted by Gasteiger charge is -2.11. The first-order valence-electron chi connectivity index (χ1n) is 5.94. The summed E-state index contributed by atoms with van der Waals surface area (Å²) in [5.41, 5.74) is 0.817. The number of fused-ring (bicyclic) bond motifs is 1. The van der Waals surface area contributed by atoms with Crippen LogP contribution >= 0.6 is 11.3 Å². The van der Waals surface area contributed by atoms with Crippen molar-refractivity contribution in [3.8, 4) is 0 Å². The van der Waals surface area contributed by atoms with Gasteiger partial charge < -0.3 is 15.4 Å². The van der Waals surface area contributed by atoms with Crippen molar-refractivity contribution >= 4 is 33.1 Å². The Balaban J connectivity index is 1.65. The molecule has 4 nitrogen and oxygen atoms in total. The Morgan fingerprint density at radius 1 is 1.39 bits per heavy atom. The molecule has 1 aliphatic rings. The van der Waals surface area contributed by atoms with Crippen molar-refractivity contribution in [3.63, 3.8) is 0 Å². The molecule has 1 saturated heterocycles. The third-order valence-electron chi connectivity index (χ3n) is 2.98. The van der Waals surface area contributed by atoms with Gasteiger partial charge in [-0.25, -0.2) is 4.79 Å². The van der Waals surface area contributed by atoms with Gasteiger partial charge in [0.05, 0.1) is 12.6 Å². The summed E-state index contributed by atoms with van der Waals surface area (Å²) < 4.78 is 6.44. The quantitative estimate of drug-likeness (QED) is 0.874. The fraction of sp³-hybridized carbons (Fsp3) is 0.308. The van der Waals surface area contributed by atoms with Crippen LogP contribution in [-0.4, -0.2) is 25.3 Å². The minimum Gasteiger partial charge on any atom is -0.379 e. The molecule has 5 heteroatoms. The second kappa shape index (κ2) is 4.96. The van der Waals surface area contributed by atoms with Crippen LogP contribution < -0.4 is 10.6 Å². The largest absolute Gasteiger partial charge is 0.379 e. The standard InChI is InChI=1S/C13H14N2O2S/c16-13(15-11-3-5-17-8-11)14-10-1-2-12-9(7-10)4-6-18-12/h1-2,4,6-7,11H,3,5,8H2,(H2,14,15,16). The number of carbonyl (C=O) groups is 1. The number of anilines is 1. The second-order valence-corrected chi connectivity index (χ2v) is 5.28. The Hall–Kier alpha value is -1.59. The van der Waals surface area contributed by atoms with E-state index in [4.69, 9.17) is 4.74 Å². The van der Waals surface area contributed by atoms with Gasteiger partial charge in [0.1, 0.15) is 0 Å². The summed E-state index contributed by atoms with van der Waals surface area (Å²) in [6, 6.07) is 7.94. The maximum atomic E-state index is 11.8. The molecule has 0 spiro atoms. The molecule has 2 N–H and O–H groups in total. The number of amides is 2. The lowest BCUT2D eigenvalue weighted by atomic mass is 10.2. The lowest BCUT2D eigenvalue weighted by molar-refractivity contribution is 0.189. The molecule has 0 saturated carbocycles. The highest BCUT2D eigenvalue weighted by Gasteiger charge is 2.17. The van der Waals surface area contributed by atoms with Gasteiger partial charge >= 0.3 is 6.03 Å². The fourth-order valence-corrected chi connectivity index (χ4v) is 2.82. The molecule has 0 radical (unpaired) electrons. The van der Waals surface area contributed by atoms with Gasteiger partial charge in [-0.3, -0.25) is 0 Å². The van der Waals surface area contributed by atoms with Gasteiger partial charge in [-0.15, -0.1) is 11.3 Å². The van der Waals surface area contributed by atoms with Gasteiger partial charge in [-0.05, 0) is 41.5 Å². The van der Waals surface area contributed by atoms with Gasteiger partial charge in [0, 0.05) is 17.0 Å². The van der Waals surface area contributed by atoms with E-state index in [1.54, 1.807) is 11.3 Å². The Morgan fingerprint density at radius 3 is 3.17 bits per heavy atom. The van der Waals surface area contributed by atoms with Crippen LogP contribution in [-0.2, 0) is 4.74 Å². The summed E-state index contributed by atoms with van der Waals surface area (Å²) in [5.74, 6) is 0. The van der Waals surface area contributed by atoms with Crippen LogP contribution in [0.25, 0.3) is 10.1 Å². The number of nitrogens with one attached hydrogen (secondary N) is 2. The van der Waals surface area contributed by atoms with Crippen LogP contribution in [0.1, 0.15) is 6.42 Å². The lowest BCUT2D eigenvalue weighted by Crippen LogP contribution is -2.38. The van der Waals surface area contributed by atoms with Crippen molar-refractivity contribution in [2.75, 3.05) is 18.5 Å². The van der Waals surface area contributed by atoms with E-state index in [-0.39, 0.29) is 12.1 Å². The number of rotatable bonds is 2. The maximum Gasteiger partial charge on any atom is 0.319 e. The molecule has 1 aromatic carbocycles. The Labute approximate surface area is 109 Å². The molecule has 2 heterocycles. The molecule has 0 bridgehead atoms. The monoisotopic (exact) mass is 262 g/mol. The van der Waals surface area contributed by atoms with Crippen molar-refractivity contribution in [2.45, 2.75) is 12.5 Å². The molecule has 1 atom stereocenters. The van der Waals surface area contributed by atoms with Gasteiger partial charge in [0.2, 0.25) is 0 Å². The van der Waals surface area contributed by atoms with Crippen LogP contribution in [0.2, 0.25) is 0 Å². The number of hydrogen-bond donors (Lipinski definition) is 2. The third-order valence-corrected chi connectivity index (χ3v) is 3.87. The summed E-state index contributed by atoms with van der Waals surface area (Å²) >= 11 is 1.70. The van der Waals surface area contributed by atoms with E-state index in [1.807, 2.05) is 29.6 Å². The predicted octanol–water partition coefficient (Wildman–Crippen LogP) is 2.81. The number of hydrogen-bond acceptors (Lipinski definition) is 3. The molecule has 0 aliphatic carbocycles. The topological polar surface area (TPSA) is 50.4 Å². The zero-order valence-corrected chi connectivity index (χ0v) is 10.6. The summed E-state index contributed by atoms with van der Waals surface area (Å²) in [5, 5.41) is 8.95. The summed E-state index contributed by atoms with van der Waals surface area (Å²) in [6.45, 7) is 1.34. The van der Waals surface area contributed by atoms with E-state index in [0.717, 1.165) is 24.1 Å². The van der Waals surface area contributed by atoms with E-state index in [2.05, 4.69) is 10.6 Å². The van der Waals surface area contributed by atoms with Gasteiger partial charge in [-0.1, -0.05) is 0 Å². The van der Waals surface area contributed by atoms with E-state index in [9.17, 15) is 4.79 Å². The molecule has 1 fully saturated rings. The van der Waals surface area contributed by atoms with Crippen LogP contribution in [0, 0.1) is 0 Å². The summed E-state index contributed by atoms with van der Waals surface area (Å²) in [4.78, 5) is 11.8. The van der Waals surface area contributed by atoms with Crippen molar-refractivity contribution in [2.24, 2.45) is 0 Å². The first-order chi connectivity index (χ1) is 8.81. The average Bonchev–Trinajstić information content (AvgIpc) is 2.98. The van der Waals surface area contributed by atoms with Crippen LogP contribution in [0.5, 0.6) is 0 Å². The number of urea groups is 1. The van der Waals surface area contributed by atoms with Crippen LogP contribution in [0.4, 0.5) is 10.5 Å². The number of benzene rings is 1. The fourth-order valence-electron chi connectivity index (χ4n) is 2.05. The molecule has 94 valence electrons. The van der Waals surface area contributed by atoms with Crippen molar-refractivity contribution in [1.29, 1.82) is 0 Å². The van der Waals surface area contributed by atoms with Gasteiger partial charge in [-0.2, -0.15) is 0 Å². The molecule has 1 unspecified atom stereocenters. The summed E-state index contributed by atoms with van der Waals surface area (Å²) in [6.07, 6.45) is 0.886. The smallest absolute Gasteiger partial charge is 0.319 e. The highest BCUT2D eigenvalue weighted by atomic mass is 32.1. The molecule has 18 heavy (non-hydrogen) atoms. The zero-order valence-electron chi connectivity index (χ0n) is 9.81. The Morgan fingerprint density at radius 2 is 2.33 bits per heavy atom. The van der Waals surface area contributed by atoms with Crippen molar-refractivity contribution < 1.29 is 9.53 Å². The highest BCUT2D eigenvalue weighted by Crippen LogP contribution is 2.23. The first kappa shape index (κ1) is 11.5. The molecular formula is C13H14N2O2S. The number of thiophene rings is 1. The van der Waals surface area contributed by atoms with E-state index in [1.165, 1.54) is 4.70 Å². The zero-order chi connectivity index (χ0) is 12.4. The molecule has 2 amide bonds. The first-order valence-corrected chi connectivity index (χ1v) is 6.82. The minimum absolute atomic E-state index is 0.134. The normalized spacial score (nSPS) is 19.0. The Bertz CT molecular complexity index is 561. The van der Waals surface area contributed by atoms with Crippen molar-refractivity contribution in [3.05, 3.63) is 29.6 Å². The number of carbonyl (C=O) groups excluding carboxylic acids is 1. The van der Waals surface area contributed by atoms with E-state index >= 15 is 0 Å². The molecule has 2 aromatic rings. The van der Waals surface area contributed by atoms with E-state index < -0.39 is 0 Å². The maximum absolute atomic E-state index is 11.8.